The zero-order valence-electron chi connectivity index (χ0n) is 20.4. The van der Waals surface area contributed by atoms with Crippen LogP contribution in [0.5, 0.6) is 17.2 Å². The van der Waals surface area contributed by atoms with Crippen LogP contribution < -0.4 is 24.8 Å². The number of anilines is 2. The Morgan fingerprint density at radius 2 is 1.59 bits per heavy atom. The number of ketones is 1. The molecule has 0 radical (unpaired) electrons. The van der Waals surface area contributed by atoms with Gasteiger partial charge >= 0.3 is 6.03 Å². The molecule has 7 heteroatoms. The Hall–Kier alpha value is -4.00. The molecule has 0 aliphatic rings. The van der Waals surface area contributed by atoms with E-state index < -0.39 is 0 Å². The molecule has 0 saturated carbocycles. The van der Waals surface area contributed by atoms with E-state index in [0.717, 1.165) is 23.2 Å². The fraction of sp³-hybridized carbons (Fsp3) is 0.259. The first-order valence-corrected chi connectivity index (χ1v) is 10.9. The third-order valence-electron chi connectivity index (χ3n) is 5.58. The number of ether oxygens (including phenoxy) is 3. The zero-order valence-corrected chi connectivity index (χ0v) is 20.4. The van der Waals surface area contributed by atoms with Crippen molar-refractivity contribution in [3.63, 3.8) is 0 Å². The third-order valence-corrected chi connectivity index (χ3v) is 5.58. The lowest BCUT2D eigenvalue weighted by Gasteiger charge is -2.17. The zero-order chi connectivity index (χ0) is 24.8. The predicted octanol–water partition coefficient (Wildman–Crippen LogP) is 6.10. The van der Waals surface area contributed by atoms with Crippen LogP contribution in [0.15, 0.2) is 48.5 Å². The fourth-order valence-corrected chi connectivity index (χ4v) is 3.77. The minimum atomic E-state index is -0.380. The van der Waals surface area contributed by atoms with E-state index in [9.17, 15) is 9.59 Å². The lowest BCUT2D eigenvalue weighted by Crippen LogP contribution is -2.20. The lowest BCUT2D eigenvalue weighted by atomic mass is 9.99. The molecule has 3 rings (SSSR count). The predicted molar refractivity (Wildman–Crippen MR) is 135 cm³/mol. The van der Waals surface area contributed by atoms with Gasteiger partial charge in [0.25, 0.3) is 0 Å². The first-order valence-electron chi connectivity index (χ1n) is 10.9. The smallest absolute Gasteiger partial charge is 0.323 e. The summed E-state index contributed by atoms with van der Waals surface area (Å²) in [6, 6.07) is 14.3. The number of methoxy groups -OCH3 is 3. The lowest BCUT2D eigenvalue weighted by molar-refractivity contribution is 0.101. The largest absolute Gasteiger partial charge is 0.496 e. The number of hydrogen-bond acceptors (Lipinski definition) is 5. The third kappa shape index (κ3) is 5.31. The van der Waals surface area contributed by atoms with Crippen molar-refractivity contribution in [2.24, 2.45) is 0 Å². The molecule has 0 atom stereocenters. The molecule has 3 aromatic carbocycles. The SMILES string of the molecule is CCc1ccc(NC(=O)Nc2cc(OC)c(OC)c(-c3ccc(C(C)=O)c(OC)c3)c2)c(C)c1. The molecule has 0 aliphatic heterocycles. The number of amides is 2. The summed E-state index contributed by atoms with van der Waals surface area (Å²) in [6.07, 6.45) is 0.930. The number of Topliss-reactive ketones (excluding diaryl/α,β-unsaturated/α-hetero) is 1. The normalized spacial score (nSPS) is 10.4. The highest BCUT2D eigenvalue weighted by Crippen LogP contribution is 2.42. The number of benzene rings is 3. The van der Waals surface area contributed by atoms with Gasteiger partial charge in [-0.1, -0.05) is 25.1 Å². The molecule has 0 aliphatic carbocycles. The van der Waals surface area contributed by atoms with Crippen LogP contribution in [0.25, 0.3) is 11.1 Å². The van der Waals surface area contributed by atoms with Crippen LogP contribution in [-0.2, 0) is 6.42 Å². The molecule has 34 heavy (non-hydrogen) atoms. The number of hydrogen-bond donors (Lipinski definition) is 2. The van der Waals surface area contributed by atoms with Crippen LogP contribution in [0.1, 0.15) is 35.3 Å². The second-order valence-electron chi connectivity index (χ2n) is 7.81. The van der Waals surface area contributed by atoms with Crippen molar-refractivity contribution in [2.75, 3.05) is 32.0 Å². The molecule has 3 aromatic rings. The Kier molecular flexibility index (Phi) is 7.79. The molecule has 0 heterocycles. The van der Waals surface area contributed by atoms with Gasteiger partial charge < -0.3 is 24.8 Å². The summed E-state index contributed by atoms with van der Waals surface area (Å²) in [4.78, 5) is 24.7. The Balaban J connectivity index is 1.96. The van der Waals surface area contributed by atoms with E-state index in [-0.39, 0.29) is 11.8 Å². The first kappa shape index (κ1) is 24.6. The van der Waals surface area contributed by atoms with Gasteiger partial charge in [-0.05, 0) is 61.2 Å². The summed E-state index contributed by atoms with van der Waals surface area (Å²) in [5.41, 5.74) is 5.35. The minimum absolute atomic E-state index is 0.0951. The molecule has 0 spiro atoms. The topological polar surface area (TPSA) is 85.9 Å². The number of carbonyl (C=O) groups is 2. The molecule has 2 N–H and O–H groups in total. The maximum Gasteiger partial charge on any atom is 0.323 e. The highest BCUT2D eigenvalue weighted by atomic mass is 16.5. The first-order chi connectivity index (χ1) is 16.3. The van der Waals surface area contributed by atoms with E-state index in [1.54, 1.807) is 37.4 Å². The molecule has 0 aromatic heterocycles. The monoisotopic (exact) mass is 462 g/mol. The van der Waals surface area contributed by atoms with Crippen molar-refractivity contribution >= 4 is 23.2 Å². The van der Waals surface area contributed by atoms with Gasteiger partial charge in [0.05, 0.1) is 26.9 Å². The molecule has 178 valence electrons. The molecule has 2 amide bonds. The Morgan fingerprint density at radius 1 is 0.853 bits per heavy atom. The van der Waals surface area contributed by atoms with E-state index in [1.807, 2.05) is 19.1 Å². The molecule has 0 unspecified atom stereocenters. The van der Waals surface area contributed by atoms with Crippen molar-refractivity contribution in [1.82, 2.24) is 0 Å². The maximum absolute atomic E-state index is 12.8. The summed E-state index contributed by atoms with van der Waals surface area (Å²) in [5.74, 6) is 1.31. The van der Waals surface area contributed by atoms with Gasteiger partial charge in [0, 0.05) is 23.0 Å². The summed E-state index contributed by atoms with van der Waals surface area (Å²) in [5, 5.41) is 5.76. The van der Waals surface area contributed by atoms with Crippen LogP contribution in [0.3, 0.4) is 0 Å². The number of nitrogens with one attached hydrogen (secondary N) is 2. The average Bonchev–Trinajstić information content (AvgIpc) is 2.83. The Labute approximate surface area is 200 Å². The van der Waals surface area contributed by atoms with Crippen LogP contribution >= 0.6 is 0 Å². The van der Waals surface area contributed by atoms with E-state index >= 15 is 0 Å². The van der Waals surface area contributed by atoms with Gasteiger partial charge in [0.15, 0.2) is 17.3 Å². The number of urea groups is 1. The van der Waals surface area contributed by atoms with Crippen molar-refractivity contribution in [1.29, 1.82) is 0 Å². The van der Waals surface area contributed by atoms with E-state index in [2.05, 4.69) is 23.6 Å². The van der Waals surface area contributed by atoms with Crippen LogP contribution in [0, 0.1) is 6.92 Å². The van der Waals surface area contributed by atoms with Gasteiger partial charge in [-0.15, -0.1) is 0 Å². The number of aryl methyl sites for hydroxylation is 2. The molecular weight excluding hydrogens is 432 g/mol. The van der Waals surface area contributed by atoms with Crippen molar-refractivity contribution < 1.29 is 23.8 Å². The molecule has 0 fully saturated rings. The minimum Gasteiger partial charge on any atom is -0.496 e. The van der Waals surface area contributed by atoms with Crippen LogP contribution in [-0.4, -0.2) is 33.1 Å². The highest BCUT2D eigenvalue weighted by Gasteiger charge is 2.18. The Bertz CT molecular complexity index is 1220. The quantitative estimate of drug-likeness (QED) is 0.395. The number of rotatable bonds is 8. The molecule has 0 bridgehead atoms. The second kappa shape index (κ2) is 10.7. The number of carbonyl (C=O) groups excluding carboxylic acids is 2. The second-order valence-corrected chi connectivity index (χ2v) is 7.81. The van der Waals surface area contributed by atoms with E-state index in [1.165, 1.54) is 26.7 Å². The van der Waals surface area contributed by atoms with Crippen molar-refractivity contribution in [3.8, 4) is 28.4 Å². The van der Waals surface area contributed by atoms with Crippen molar-refractivity contribution in [3.05, 3.63) is 65.2 Å². The van der Waals surface area contributed by atoms with E-state index in [0.29, 0.717) is 34.1 Å². The highest BCUT2D eigenvalue weighted by molar-refractivity contribution is 6.01. The summed E-state index contributed by atoms with van der Waals surface area (Å²) >= 11 is 0. The van der Waals surface area contributed by atoms with Gasteiger partial charge in [-0.25, -0.2) is 4.79 Å². The molecule has 7 nitrogen and oxygen atoms in total. The van der Waals surface area contributed by atoms with Gasteiger partial charge in [-0.2, -0.15) is 0 Å². The fourth-order valence-electron chi connectivity index (χ4n) is 3.77. The van der Waals surface area contributed by atoms with Gasteiger partial charge in [-0.3, -0.25) is 4.79 Å². The Morgan fingerprint density at radius 3 is 2.18 bits per heavy atom. The summed E-state index contributed by atoms with van der Waals surface area (Å²) in [7, 11) is 4.59. The van der Waals surface area contributed by atoms with E-state index in [4.69, 9.17) is 14.2 Å². The maximum atomic E-state index is 12.8. The standard InChI is InChI=1S/C27H30N2O5/c1-7-18-8-11-23(16(2)12-18)29-27(31)28-20-14-22(26(34-6)25(15-20)33-5)19-9-10-21(17(3)30)24(13-19)32-4/h8-15H,7H2,1-6H3,(H2,28,29,31). The summed E-state index contributed by atoms with van der Waals surface area (Å²) in [6.45, 7) is 5.54. The summed E-state index contributed by atoms with van der Waals surface area (Å²) < 4.78 is 16.5. The van der Waals surface area contributed by atoms with Crippen molar-refractivity contribution in [2.45, 2.75) is 27.2 Å². The van der Waals surface area contributed by atoms with Gasteiger partial charge in [0.2, 0.25) is 0 Å². The average molecular weight is 463 g/mol. The van der Waals surface area contributed by atoms with Gasteiger partial charge in [0.1, 0.15) is 5.75 Å². The van der Waals surface area contributed by atoms with Crippen LogP contribution in [0.4, 0.5) is 16.2 Å². The van der Waals surface area contributed by atoms with Crippen LogP contribution in [0.2, 0.25) is 0 Å². The molecular formula is C27H30N2O5. The molecule has 0 saturated heterocycles.